The number of piperazine rings is 1. The monoisotopic (exact) mass is 356 g/mol. The lowest BCUT2D eigenvalue weighted by Gasteiger charge is -2.36. The summed E-state index contributed by atoms with van der Waals surface area (Å²) in [5.74, 6) is 1.38. The van der Waals surface area contributed by atoms with Gasteiger partial charge in [-0.1, -0.05) is 36.7 Å². The van der Waals surface area contributed by atoms with Crippen molar-refractivity contribution in [1.29, 1.82) is 0 Å². The Morgan fingerprint density at radius 1 is 1.12 bits per heavy atom. The average molecular weight is 357 g/mol. The first-order valence-electron chi connectivity index (χ1n) is 9.69. The van der Waals surface area contributed by atoms with Gasteiger partial charge in [-0.3, -0.25) is 9.80 Å². The van der Waals surface area contributed by atoms with Crippen LogP contribution in [-0.4, -0.2) is 61.3 Å². The molecule has 0 aliphatic carbocycles. The van der Waals surface area contributed by atoms with Crippen LogP contribution in [0.2, 0.25) is 0 Å². The number of anilines is 1. The van der Waals surface area contributed by atoms with Gasteiger partial charge in [0.15, 0.2) is 5.76 Å². The van der Waals surface area contributed by atoms with Gasteiger partial charge in [-0.25, -0.2) is 0 Å². The molecular formula is C21H32N4O. The van der Waals surface area contributed by atoms with E-state index in [1.165, 1.54) is 11.3 Å². The largest absolute Gasteiger partial charge is 0.369 e. The zero-order valence-corrected chi connectivity index (χ0v) is 16.6. The molecule has 0 amide bonds. The van der Waals surface area contributed by atoms with Crippen LogP contribution >= 0.6 is 0 Å². The molecular weight excluding hydrogens is 324 g/mol. The van der Waals surface area contributed by atoms with E-state index in [4.69, 9.17) is 4.52 Å². The molecule has 3 rings (SSSR count). The fourth-order valence-electron chi connectivity index (χ4n) is 3.32. The number of likely N-dealkylation sites (N-methyl/N-ethyl adjacent to an activating group) is 1. The van der Waals surface area contributed by atoms with E-state index < -0.39 is 0 Å². The van der Waals surface area contributed by atoms with Crippen LogP contribution in [0.5, 0.6) is 0 Å². The second-order valence-corrected chi connectivity index (χ2v) is 7.77. The molecule has 5 heteroatoms. The van der Waals surface area contributed by atoms with E-state index in [0.717, 1.165) is 57.3 Å². The van der Waals surface area contributed by atoms with Crippen molar-refractivity contribution >= 4 is 5.69 Å². The Morgan fingerprint density at radius 2 is 1.81 bits per heavy atom. The van der Waals surface area contributed by atoms with Crippen molar-refractivity contribution in [2.45, 2.75) is 33.2 Å². The quantitative estimate of drug-likeness (QED) is 0.760. The van der Waals surface area contributed by atoms with E-state index in [1.807, 2.05) is 0 Å². The highest BCUT2D eigenvalue weighted by molar-refractivity contribution is 5.47. The number of benzene rings is 1. The maximum atomic E-state index is 5.45. The Hall–Kier alpha value is -1.85. The van der Waals surface area contributed by atoms with E-state index in [9.17, 15) is 0 Å². The summed E-state index contributed by atoms with van der Waals surface area (Å²) in [6.07, 6.45) is 0. The van der Waals surface area contributed by atoms with Crippen LogP contribution in [0, 0.1) is 6.92 Å². The highest BCUT2D eigenvalue weighted by Gasteiger charge is 2.17. The number of nitrogens with zero attached hydrogens (tertiary/aromatic N) is 4. The predicted molar refractivity (Wildman–Crippen MR) is 107 cm³/mol. The van der Waals surface area contributed by atoms with Crippen molar-refractivity contribution in [3.05, 3.63) is 47.3 Å². The lowest BCUT2D eigenvalue weighted by molar-refractivity contribution is 0.201. The minimum atomic E-state index is 0.419. The molecule has 1 aliphatic rings. The molecule has 1 fully saturated rings. The van der Waals surface area contributed by atoms with Crippen molar-refractivity contribution in [2.24, 2.45) is 0 Å². The van der Waals surface area contributed by atoms with Gasteiger partial charge in [0.2, 0.25) is 0 Å². The number of hydrogen-bond acceptors (Lipinski definition) is 5. The minimum absolute atomic E-state index is 0.419. The summed E-state index contributed by atoms with van der Waals surface area (Å²) in [4.78, 5) is 7.36. The molecule has 0 N–H and O–H groups in total. The topological polar surface area (TPSA) is 35.8 Å². The molecule has 0 radical (unpaired) electrons. The highest BCUT2D eigenvalue weighted by Crippen LogP contribution is 2.17. The summed E-state index contributed by atoms with van der Waals surface area (Å²) in [5.41, 5.74) is 3.71. The van der Waals surface area contributed by atoms with E-state index in [1.54, 1.807) is 0 Å². The summed E-state index contributed by atoms with van der Waals surface area (Å²) in [7, 11) is 2.15. The molecule has 0 atom stereocenters. The van der Waals surface area contributed by atoms with Crippen LogP contribution in [0.3, 0.4) is 0 Å². The molecule has 0 spiro atoms. The Labute approximate surface area is 157 Å². The Kier molecular flexibility index (Phi) is 6.33. The van der Waals surface area contributed by atoms with Crippen LogP contribution < -0.4 is 4.90 Å². The summed E-state index contributed by atoms with van der Waals surface area (Å²) in [6.45, 7) is 13.8. The summed E-state index contributed by atoms with van der Waals surface area (Å²) in [5, 5.41) is 4.14. The van der Waals surface area contributed by atoms with Gasteiger partial charge in [0.05, 0.1) is 12.2 Å². The van der Waals surface area contributed by atoms with Gasteiger partial charge < -0.3 is 9.42 Å². The minimum Gasteiger partial charge on any atom is -0.369 e. The third kappa shape index (κ3) is 5.08. The van der Waals surface area contributed by atoms with Gasteiger partial charge in [0.25, 0.3) is 0 Å². The second kappa shape index (κ2) is 8.69. The van der Waals surface area contributed by atoms with Crippen LogP contribution in [0.15, 0.2) is 34.9 Å². The van der Waals surface area contributed by atoms with E-state index in [0.29, 0.717) is 5.92 Å². The van der Waals surface area contributed by atoms with Crippen molar-refractivity contribution < 1.29 is 4.52 Å². The summed E-state index contributed by atoms with van der Waals surface area (Å²) >= 11 is 0. The Bertz CT molecular complexity index is 672. The van der Waals surface area contributed by atoms with Gasteiger partial charge in [-0.15, -0.1) is 0 Å². The van der Waals surface area contributed by atoms with Crippen LogP contribution in [-0.2, 0) is 6.54 Å². The van der Waals surface area contributed by atoms with Crippen molar-refractivity contribution in [3.63, 3.8) is 0 Å². The van der Waals surface area contributed by atoms with Crippen molar-refractivity contribution in [1.82, 2.24) is 15.0 Å². The van der Waals surface area contributed by atoms with Gasteiger partial charge in [0, 0.05) is 51.0 Å². The Balaban J connectivity index is 1.39. The Morgan fingerprint density at radius 3 is 2.42 bits per heavy atom. The van der Waals surface area contributed by atoms with Crippen molar-refractivity contribution in [3.8, 4) is 0 Å². The molecule has 142 valence electrons. The summed E-state index contributed by atoms with van der Waals surface area (Å²) < 4.78 is 5.45. The first kappa shape index (κ1) is 18.9. The lowest BCUT2D eigenvalue weighted by Crippen LogP contribution is -2.48. The highest BCUT2D eigenvalue weighted by atomic mass is 16.5. The standard InChI is InChI=1S/C21H32N4O/c1-17(2)21-15-20(26-22-21)16-23(4)9-10-24-11-13-25(14-12-24)19-7-5-18(3)6-8-19/h5-8,15,17H,9-14,16H2,1-4H3. The summed E-state index contributed by atoms with van der Waals surface area (Å²) in [6, 6.07) is 11.0. The van der Waals surface area contributed by atoms with E-state index >= 15 is 0 Å². The number of rotatable bonds is 7. The van der Waals surface area contributed by atoms with Gasteiger partial charge in [-0.2, -0.15) is 0 Å². The number of aryl methyl sites for hydroxylation is 1. The smallest absolute Gasteiger partial charge is 0.150 e. The van der Waals surface area contributed by atoms with Gasteiger partial charge >= 0.3 is 0 Å². The van der Waals surface area contributed by atoms with Crippen molar-refractivity contribution in [2.75, 3.05) is 51.2 Å². The normalized spacial score (nSPS) is 16.0. The molecule has 1 saturated heterocycles. The molecule has 1 aromatic heterocycles. The molecule has 1 aliphatic heterocycles. The molecule has 26 heavy (non-hydrogen) atoms. The maximum absolute atomic E-state index is 5.45. The first-order valence-corrected chi connectivity index (χ1v) is 9.69. The SMILES string of the molecule is Cc1ccc(N2CCN(CCN(C)Cc3cc(C(C)C)no3)CC2)cc1. The lowest BCUT2D eigenvalue weighted by atomic mass is 10.1. The average Bonchev–Trinajstić information content (AvgIpc) is 3.10. The molecule has 5 nitrogen and oxygen atoms in total. The van der Waals surface area contributed by atoms with Crippen LogP contribution in [0.4, 0.5) is 5.69 Å². The zero-order valence-electron chi connectivity index (χ0n) is 16.6. The van der Waals surface area contributed by atoms with Crippen LogP contribution in [0.25, 0.3) is 0 Å². The zero-order chi connectivity index (χ0) is 18.5. The molecule has 0 saturated carbocycles. The van der Waals surface area contributed by atoms with Gasteiger partial charge in [-0.05, 0) is 32.0 Å². The fourth-order valence-corrected chi connectivity index (χ4v) is 3.32. The third-order valence-electron chi connectivity index (χ3n) is 5.16. The van der Waals surface area contributed by atoms with Crippen LogP contribution in [0.1, 0.15) is 36.8 Å². The van der Waals surface area contributed by atoms with Gasteiger partial charge in [0.1, 0.15) is 0 Å². The first-order chi connectivity index (χ1) is 12.5. The second-order valence-electron chi connectivity index (χ2n) is 7.77. The van der Waals surface area contributed by atoms with E-state index in [-0.39, 0.29) is 0 Å². The molecule has 0 unspecified atom stereocenters. The van der Waals surface area contributed by atoms with E-state index in [2.05, 4.69) is 78.0 Å². The molecule has 1 aromatic carbocycles. The number of aromatic nitrogens is 1. The maximum Gasteiger partial charge on any atom is 0.150 e. The molecule has 0 bridgehead atoms. The molecule has 2 aromatic rings. The molecule has 2 heterocycles. The number of hydrogen-bond donors (Lipinski definition) is 0. The fraction of sp³-hybridized carbons (Fsp3) is 0.571. The third-order valence-corrected chi connectivity index (χ3v) is 5.16. The predicted octanol–water partition coefficient (Wildman–Crippen LogP) is 3.36.